The number of benzene rings is 1. The molecule has 1 aromatic rings. The smallest absolute Gasteiger partial charge is 0.262 e. The highest BCUT2D eigenvalue weighted by molar-refractivity contribution is 6.23. The number of carbonyl (C=O) groups excluding carboxylic acids is 4. The lowest BCUT2D eigenvalue weighted by Gasteiger charge is -2.38. The molecular formula is C30H41N5O5. The van der Waals surface area contributed by atoms with E-state index in [1.54, 1.807) is 12.1 Å². The molecule has 0 spiro atoms. The number of hydrogen-bond acceptors (Lipinski definition) is 8. The lowest BCUT2D eigenvalue weighted by molar-refractivity contribution is -0.136. The van der Waals surface area contributed by atoms with Crippen LogP contribution in [0.4, 0.5) is 5.69 Å². The summed E-state index contributed by atoms with van der Waals surface area (Å²) in [7, 11) is 0. The number of likely N-dealkylation sites (tertiary alicyclic amines) is 1. The van der Waals surface area contributed by atoms with Crippen molar-refractivity contribution in [3.05, 3.63) is 29.3 Å². The number of nitrogens with one attached hydrogen (secondary N) is 2. The molecule has 0 radical (unpaired) electrons. The first-order chi connectivity index (χ1) is 19.5. The van der Waals surface area contributed by atoms with Gasteiger partial charge in [0.25, 0.3) is 11.8 Å². The summed E-state index contributed by atoms with van der Waals surface area (Å²) in [5.41, 5.74) is 1.62. The molecule has 4 amide bonds. The average Bonchev–Trinajstić information content (AvgIpc) is 3.22. The first-order valence-electron chi connectivity index (χ1n) is 15.1. The van der Waals surface area contributed by atoms with Crippen molar-refractivity contribution in [2.75, 3.05) is 57.3 Å². The van der Waals surface area contributed by atoms with E-state index in [2.05, 4.69) is 20.4 Å². The molecule has 1 aromatic carbocycles. The summed E-state index contributed by atoms with van der Waals surface area (Å²) in [6.07, 6.45) is 7.61. The molecule has 1 unspecified atom stereocenters. The summed E-state index contributed by atoms with van der Waals surface area (Å²) in [5.74, 6) is -0.483. The second-order valence-electron chi connectivity index (χ2n) is 12.1. The highest BCUT2D eigenvalue weighted by atomic mass is 16.5. The molecule has 0 aromatic heterocycles. The number of rotatable bonds is 7. The van der Waals surface area contributed by atoms with E-state index in [4.69, 9.17) is 4.74 Å². The second-order valence-corrected chi connectivity index (χ2v) is 12.1. The zero-order chi connectivity index (χ0) is 27.6. The van der Waals surface area contributed by atoms with Crippen molar-refractivity contribution in [1.82, 2.24) is 20.4 Å². The van der Waals surface area contributed by atoms with Gasteiger partial charge in [-0.05, 0) is 88.1 Å². The van der Waals surface area contributed by atoms with E-state index < -0.39 is 23.8 Å². The number of nitrogens with zero attached hydrogens (tertiary/aromatic N) is 3. The topological polar surface area (TPSA) is 111 Å². The van der Waals surface area contributed by atoms with Gasteiger partial charge in [-0.15, -0.1) is 0 Å². The summed E-state index contributed by atoms with van der Waals surface area (Å²) in [6, 6.07) is 4.49. The zero-order valence-electron chi connectivity index (χ0n) is 23.2. The fraction of sp³-hybridized carbons (Fsp3) is 0.667. The van der Waals surface area contributed by atoms with Crippen LogP contribution in [0.15, 0.2) is 18.2 Å². The minimum atomic E-state index is -0.935. The molecule has 6 rings (SSSR count). The van der Waals surface area contributed by atoms with Gasteiger partial charge < -0.3 is 19.9 Å². The predicted molar refractivity (Wildman–Crippen MR) is 149 cm³/mol. The van der Waals surface area contributed by atoms with Crippen molar-refractivity contribution in [1.29, 1.82) is 0 Å². The standard InChI is InChI=1S/C30H41N5O5/c36-27-4-3-26(28(37)32-27)35-29(38)24-2-1-22(17-25(24)30(35)39)34-15-7-20(8-16-34)18-33-13-9-23(10-14-33)40-19-21-5-11-31-12-6-21/h1-2,17,20-21,23,26,31H,3-16,18-19H2,(H,32,36,37). The molecule has 2 N–H and O–H groups in total. The second kappa shape index (κ2) is 12.0. The molecule has 1 atom stereocenters. The highest BCUT2D eigenvalue weighted by Gasteiger charge is 2.44. The molecule has 10 heteroatoms. The fourth-order valence-electron chi connectivity index (χ4n) is 6.97. The Morgan fingerprint density at radius 2 is 1.52 bits per heavy atom. The highest BCUT2D eigenvalue weighted by Crippen LogP contribution is 2.32. The van der Waals surface area contributed by atoms with Crippen LogP contribution in [0.25, 0.3) is 0 Å². The molecule has 216 valence electrons. The average molecular weight is 552 g/mol. The third-order valence-corrected chi connectivity index (χ3v) is 9.48. The monoisotopic (exact) mass is 551 g/mol. The minimum absolute atomic E-state index is 0.119. The van der Waals surface area contributed by atoms with E-state index in [0.717, 1.165) is 94.6 Å². The molecular weight excluding hydrogens is 510 g/mol. The van der Waals surface area contributed by atoms with Gasteiger partial charge in [-0.3, -0.25) is 29.4 Å². The Labute approximate surface area is 235 Å². The summed E-state index contributed by atoms with van der Waals surface area (Å²) < 4.78 is 6.28. The van der Waals surface area contributed by atoms with Crippen LogP contribution in [0, 0.1) is 11.8 Å². The van der Waals surface area contributed by atoms with Crippen LogP contribution in [0.5, 0.6) is 0 Å². The van der Waals surface area contributed by atoms with Crippen molar-refractivity contribution in [3.8, 4) is 0 Å². The van der Waals surface area contributed by atoms with Gasteiger partial charge in [0.1, 0.15) is 6.04 Å². The van der Waals surface area contributed by atoms with Crippen molar-refractivity contribution < 1.29 is 23.9 Å². The maximum atomic E-state index is 13.2. The van der Waals surface area contributed by atoms with Gasteiger partial charge in [-0.2, -0.15) is 0 Å². The summed E-state index contributed by atoms with van der Waals surface area (Å²) in [4.78, 5) is 56.0. The van der Waals surface area contributed by atoms with Crippen LogP contribution in [0.2, 0.25) is 0 Å². The van der Waals surface area contributed by atoms with Gasteiger partial charge in [0.05, 0.1) is 17.2 Å². The Morgan fingerprint density at radius 3 is 2.25 bits per heavy atom. The van der Waals surface area contributed by atoms with Crippen LogP contribution >= 0.6 is 0 Å². The van der Waals surface area contributed by atoms with Crippen LogP contribution in [0.3, 0.4) is 0 Å². The first kappa shape index (κ1) is 27.4. The SMILES string of the molecule is O=C1CCC(N2C(=O)c3ccc(N4CCC(CN5CCC(OCC6CCNCC6)CC5)CC4)cc3C2=O)C(=O)N1. The summed E-state index contributed by atoms with van der Waals surface area (Å²) >= 11 is 0. The van der Waals surface area contributed by atoms with E-state index in [9.17, 15) is 19.2 Å². The maximum Gasteiger partial charge on any atom is 0.262 e. The normalized spacial score (nSPS) is 25.9. The predicted octanol–water partition coefficient (Wildman–Crippen LogP) is 1.78. The van der Waals surface area contributed by atoms with E-state index in [1.165, 1.54) is 12.8 Å². The van der Waals surface area contributed by atoms with E-state index >= 15 is 0 Å². The Kier molecular flexibility index (Phi) is 8.18. The van der Waals surface area contributed by atoms with Gasteiger partial charge in [0.2, 0.25) is 11.8 Å². The molecule has 0 bridgehead atoms. The largest absolute Gasteiger partial charge is 0.378 e. The van der Waals surface area contributed by atoms with Gasteiger partial charge in [-0.25, -0.2) is 0 Å². The molecule has 5 heterocycles. The fourth-order valence-corrected chi connectivity index (χ4v) is 6.97. The summed E-state index contributed by atoms with van der Waals surface area (Å²) in [6.45, 7) is 8.35. The van der Waals surface area contributed by atoms with Crippen molar-refractivity contribution in [2.24, 2.45) is 11.8 Å². The molecule has 0 aliphatic carbocycles. The molecule has 4 saturated heterocycles. The van der Waals surface area contributed by atoms with Crippen LogP contribution in [-0.4, -0.2) is 98.0 Å². The molecule has 5 aliphatic rings. The van der Waals surface area contributed by atoms with E-state index in [1.807, 2.05) is 6.07 Å². The Bertz CT molecular complexity index is 1140. The molecule has 0 saturated carbocycles. The lowest BCUT2D eigenvalue weighted by Crippen LogP contribution is -2.54. The van der Waals surface area contributed by atoms with E-state index in [-0.39, 0.29) is 18.7 Å². The maximum absolute atomic E-state index is 13.2. The zero-order valence-corrected chi connectivity index (χ0v) is 23.2. The number of hydrogen-bond donors (Lipinski definition) is 2. The van der Waals surface area contributed by atoms with Gasteiger partial charge in [0, 0.05) is 51.4 Å². The molecule has 4 fully saturated rings. The number of ether oxygens (including phenoxy) is 1. The van der Waals surface area contributed by atoms with Gasteiger partial charge >= 0.3 is 0 Å². The Balaban J connectivity index is 0.972. The number of fused-ring (bicyclic) bond motifs is 1. The quantitative estimate of drug-likeness (QED) is 0.494. The summed E-state index contributed by atoms with van der Waals surface area (Å²) in [5, 5.41) is 5.67. The van der Waals surface area contributed by atoms with E-state index in [0.29, 0.717) is 23.1 Å². The molecule has 40 heavy (non-hydrogen) atoms. The van der Waals surface area contributed by atoms with Gasteiger partial charge in [-0.1, -0.05) is 0 Å². The molecule has 10 nitrogen and oxygen atoms in total. The van der Waals surface area contributed by atoms with Crippen LogP contribution in [0.1, 0.15) is 72.1 Å². The van der Waals surface area contributed by atoms with Crippen molar-refractivity contribution in [3.63, 3.8) is 0 Å². The van der Waals surface area contributed by atoms with Gasteiger partial charge in [0.15, 0.2) is 0 Å². The minimum Gasteiger partial charge on any atom is -0.378 e. The first-order valence-corrected chi connectivity index (χ1v) is 15.1. The number of piperidine rings is 4. The molecule has 5 aliphatic heterocycles. The Hall–Kier alpha value is -2.82. The van der Waals surface area contributed by atoms with Crippen LogP contribution in [-0.2, 0) is 14.3 Å². The number of amides is 4. The Morgan fingerprint density at radius 1 is 0.800 bits per heavy atom. The van der Waals surface area contributed by atoms with Crippen molar-refractivity contribution >= 4 is 29.3 Å². The number of anilines is 1. The number of carbonyl (C=O) groups is 4. The number of imide groups is 2. The third kappa shape index (κ3) is 5.80. The third-order valence-electron chi connectivity index (χ3n) is 9.48. The lowest BCUT2D eigenvalue weighted by atomic mass is 9.94. The van der Waals surface area contributed by atoms with Crippen LogP contribution < -0.4 is 15.5 Å². The van der Waals surface area contributed by atoms with Crippen molar-refractivity contribution in [2.45, 2.75) is 63.5 Å².